The molecule has 138 valence electrons. The predicted octanol–water partition coefficient (Wildman–Crippen LogP) is 3.96. The first kappa shape index (κ1) is 18.3. The fourth-order valence-electron chi connectivity index (χ4n) is 2.45. The van der Waals surface area contributed by atoms with E-state index in [1.165, 1.54) is 0 Å². The Labute approximate surface area is 158 Å². The van der Waals surface area contributed by atoms with E-state index < -0.39 is 0 Å². The van der Waals surface area contributed by atoms with Crippen LogP contribution in [-0.2, 0) is 6.54 Å². The molecule has 3 aromatic rings. The predicted molar refractivity (Wildman–Crippen MR) is 106 cm³/mol. The summed E-state index contributed by atoms with van der Waals surface area (Å²) in [7, 11) is 3.23. The topological polar surface area (TPSA) is 72.5 Å². The van der Waals surface area contributed by atoms with E-state index in [0.717, 1.165) is 17.0 Å². The van der Waals surface area contributed by atoms with Crippen molar-refractivity contribution in [3.63, 3.8) is 0 Å². The Balaban J connectivity index is 1.55. The maximum atomic E-state index is 12.2. The van der Waals surface area contributed by atoms with E-state index in [2.05, 4.69) is 15.6 Å². The summed E-state index contributed by atoms with van der Waals surface area (Å²) in [4.78, 5) is 16.5. The minimum atomic E-state index is -0.218. The molecule has 0 aliphatic carbocycles. The standard InChI is InChI=1S/C21H21N3O3/c1-26-18-8-3-15(4-9-18)13-22-17-7-12-20(23-14-17)24-21(25)16-5-10-19(27-2)11-6-16/h3-12,14,22H,13H2,1-2H3,(H,23,24,25). The van der Waals surface area contributed by atoms with Crippen LogP contribution in [0.2, 0.25) is 0 Å². The second-order valence-electron chi connectivity index (χ2n) is 5.82. The first-order valence-corrected chi connectivity index (χ1v) is 8.46. The van der Waals surface area contributed by atoms with Crippen LogP contribution in [0.5, 0.6) is 11.5 Å². The highest BCUT2D eigenvalue weighted by atomic mass is 16.5. The van der Waals surface area contributed by atoms with Crippen molar-refractivity contribution in [3.8, 4) is 11.5 Å². The van der Waals surface area contributed by atoms with Gasteiger partial charge < -0.3 is 20.1 Å². The molecule has 0 saturated carbocycles. The summed E-state index contributed by atoms with van der Waals surface area (Å²) in [5.74, 6) is 1.81. The lowest BCUT2D eigenvalue weighted by atomic mass is 10.2. The van der Waals surface area contributed by atoms with Gasteiger partial charge in [-0.05, 0) is 54.1 Å². The highest BCUT2D eigenvalue weighted by Crippen LogP contribution is 2.16. The number of aromatic nitrogens is 1. The molecule has 2 N–H and O–H groups in total. The molecule has 0 aliphatic heterocycles. The van der Waals surface area contributed by atoms with Gasteiger partial charge in [-0.15, -0.1) is 0 Å². The normalized spacial score (nSPS) is 10.1. The van der Waals surface area contributed by atoms with Crippen molar-refractivity contribution in [3.05, 3.63) is 78.0 Å². The zero-order valence-corrected chi connectivity index (χ0v) is 15.2. The number of amides is 1. The van der Waals surface area contributed by atoms with Crippen molar-refractivity contribution in [2.45, 2.75) is 6.54 Å². The number of benzene rings is 2. The van der Waals surface area contributed by atoms with Gasteiger partial charge in [0.25, 0.3) is 5.91 Å². The molecule has 0 atom stereocenters. The fraction of sp³-hybridized carbons (Fsp3) is 0.143. The molecule has 6 heteroatoms. The number of methoxy groups -OCH3 is 2. The van der Waals surface area contributed by atoms with Gasteiger partial charge in [0.15, 0.2) is 0 Å². The molecule has 1 amide bonds. The summed E-state index contributed by atoms with van der Waals surface area (Å²) < 4.78 is 10.2. The maximum Gasteiger partial charge on any atom is 0.256 e. The average molecular weight is 363 g/mol. The zero-order valence-electron chi connectivity index (χ0n) is 15.2. The average Bonchev–Trinajstić information content (AvgIpc) is 2.73. The third-order valence-corrected chi connectivity index (χ3v) is 4.01. The van der Waals surface area contributed by atoms with Crippen LogP contribution in [0.4, 0.5) is 11.5 Å². The van der Waals surface area contributed by atoms with Gasteiger partial charge in [0.05, 0.1) is 26.1 Å². The molecular weight excluding hydrogens is 342 g/mol. The Morgan fingerprint density at radius 2 is 1.52 bits per heavy atom. The molecule has 0 radical (unpaired) electrons. The van der Waals surface area contributed by atoms with Crippen molar-refractivity contribution in [2.24, 2.45) is 0 Å². The van der Waals surface area contributed by atoms with E-state index in [-0.39, 0.29) is 5.91 Å². The largest absolute Gasteiger partial charge is 0.497 e. The third kappa shape index (κ3) is 4.98. The molecule has 0 aliphatic rings. The summed E-state index contributed by atoms with van der Waals surface area (Å²) in [5.41, 5.74) is 2.54. The molecule has 3 rings (SSSR count). The Bertz CT molecular complexity index is 876. The number of ether oxygens (including phenoxy) is 2. The monoisotopic (exact) mass is 363 g/mol. The van der Waals surface area contributed by atoms with Gasteiger partial charge in [-0.3, -0.25) is 4.79 Å². The Kier molecular flexibility index (Phi) is 5.89. The number of nitrogens with zero attached hydrogens (tertiary/aromatic N) is 1. The van der Waals surface area contributed by atoms with E-state index in [0.29, 0.717) is 23.7 Å². The molecular formula is C21H21N3O3. The van der Waals surface area contributed by atoms with Gasteiger partial charge in [-0.2, -0.15) is 0 Å². The smallest absolute Gasteiger partial charge is 0.256 e. The number of pyridine rings is 1. The van der Waals surface area contributed by atoms with Crippen molar-refractivity contribution < 1.29 is 14.3 Å². The molecule has 0 spiro atoms. The number of carbonyl (C=O) groups excluding carboxylic acids is 1. The van der Waals surface area contributed by atoms with Crippen molar-refractivity contribution in [1.29, 1.82) is 0 Å². The van der Waals surface area contributed by atoms with Gasteiger partial charge in [0.1, 0.15) is 17.3 Å². The number of nitrogens with one attached hydrogen (secondary N) is 2. The highest BCUT2D eigenvalue weighted by Gasteiger charge is 2.07. The van der Waals surface area contributed by atoms with E-state index in [1.54, 1.807) is 50.7 Å². The molecule has 1 heterocycles. The van der Waals surface area contributed by atoms with Crippen LogP contribution in [0.3, 0.4) is 0 Å². The number of carbonyl (C=O) groups is 1. The fourth-order valence-corrected chi connectivity index (χ4v) is 2.45. The lowest BCUT2D eigenvalue weighted by Gasteiger charge is -2.09. The van der Waals surface area contributed by atoms with Crippen LogP contribution in [0.25, 0.3) is 0 Å². The molecule has 27 heavy (non-hydrogen) atoms. The molecule has 6 nitrogen and oxygen atoms in total. The number of anilines is 2. The van der Waals surface area contributed by atoms with Gasteiger partial charge in [0, 0.05) is 12.1 Å². The lowest BCUT2D eigenvalue weighted by Crippen LogP contribution is -2.12. The minimum Gasteiger partial charge on any atom is -0.497 e. The van der Waals surface area contributed by atoms with E-state index >= 15 is 0 Å². The van der Waals surface area contributed by atoms with Crippen molar-refractivity contribution >= 4 is 17.4 Å². The number of hydrogen-bond donors (Lipinski definition) is 2. The van der Waals surface area contributed by atoms with E-state index in [1.807, 2.05) is 30.3 Å². The van der Waals surface area contributed by atoms with Crippen LogP contribution in [-0.4, -0.2) is 25.1 Å². The van der Waals surface area contributed by atoms with Crippen molar-refractivity contribution in [1.82, 2.24) is 4.98 Å². The second kappa shape index (κ2) is 8.71. The SMILES string of the molecule is COc1ccc(CNc2ccc(NC(=O)c3ccc(OC)cc3)nc2)cc1. The quantitative estimate of drug-likeness (QED) is 0.665. The van der Waals surface area contributed by atoms with Crippen LogP contribution in [0.1, 0.15) is 15.9 Å². The first-order chi connectivity index (χ1) is 13.2. The first-order valence-electron chi connectivity index (χ1n) is 8.46. The van der Waals surface area contributed by atoms with Gasteiger partial charge in [-0.25, -0.2) is 4.98 Å². The van der Waals surface area contributed by atoms with Crippen LogP contribution in [0.15, 0.2) is 66.9 Å². The van der Waals surface area contributed by atoms with E-state index in [9.17, 15) is 4.79 Å². The zero-order chi connectivity index (χ0) is 19.1. The van der Waals surface area contributed by atoms with Gasteiger partial charge in [0.2, 0.25) is 0 Å². The second-order valence-corrected chi connectivity index (χ2v) is 5.82. The molecule has 2 aromatic carbocycles. The summed E-state index contributed by atoms with van der Waals surface area (Å²) in [6.07, 6.45) is 1.69. The van der Waals surface area contributed by atoms with Crippen LogP contribution in [0, 0.1) is 0 Å². The molecule has 0 bridgehead atoms. The van der Waals surface area contributed by atoms with Crippen LogP contribution >= 0.6 is 0 Å². The maximum absolute atomic E-state index is 12.2. The molecule has 0 unspecified atom stereocenters. The van der Waals surface area contributed by atoms with Gasteiger partial charge >= 0.3 is 0 Å². The third-order valence-electron chi connectivity index (χ3n) is 4.01. The van der Waals surface area contributed by atoms with Crippen molar-refractivity contribution in [2.75, 3.05) is 24.9 Å². The molecule has 0 saturated heterocycles. The highest BCUT2D eigenvalue weighted by molar-refractivity contribution is 6.03. The molecule has 1 aromatic heterocycles. The van der Waals surface area contributed by atoms with E-state index in [4.69, 9.17) is 9.47 Å². The van der Waals surface area contributed by atoms with Gasteiger partial charge in [-0.1, -0.05) is 12.1 Å². The number of rotatable bonds is 7. The summed E-state index contributed by atoms with van der Waals surface area (Å²) in [6, 6.07) is 18.4. The summed E-state index contributed by atoms with van der Waals surface area (Å²) in [5, 5.41) is 6.07. The summed E-state index contributed by atoms with van der Waals surface area (Å²) >= 11 is 0. The Morgan fingerprint density at radius 1 is 0.889 bits per heavy atom. The molecule has 0 fully saturated rings. The number of hydrogen-bond acceptors (Lipinski definition) is 5. The minimum absolute atomic E-state index is 0.218. The lowest BCUT2D eigenvalue weighted by molar-refractivity contribution is 0.102. The van der Waals surface area contributed by atoms with Crippen LogP contribution < -0.4 is 20.1 Å². The Morgan fingerprint density at radius 3 is 2.07 bits per heavy atom. The summed E-state index contributed by atoms with van der Waals surface area (Å²) in [6.45, 7) is 0.670. The Hall–Kier alpha value is -3.54.